The van der Waals surface area contributed by atoms with Gasteiger partial charge < -0.3 is 18.9 Å². The Kier molecular flexibility index (Phi) is 5.17. The third-order valence-electron chi connectivity index (χ3n) is 4.75. The van der Waals surface area contributed by atoms with E-state index in [1.807, 2.05) is 4.90 Å². The molecule has 2 aliphatic rings. The van der Waals surface area contributed by atoms with Crippen molar-refractivity contribution in [2.75, 3.05) is 46.0 Å². The van der Waals surface area contributed by atoms with E-state index >= 15 is 0 Å². The van der Waals surface area contributed by atoms with Crippen molar-refractivity contribution >= 4 is 5.91 Å². The molecule has 7 nitrogen and oxygen atoms in total. The van der Waals surface area contributed by atoms with Gasteiger partial charge in [-0.3, -0.25) is 9.69 Å². The molecule has 2 aliphatic heterocycles. The summed E-state index contributed by atoms with van der Waals surface area (Å²) < 4.78 is 15.8. The quantitative estimate of drug-likeness (QED) is 0.803. The number of hydrogen-bond acceptors (Lipinski definition) is 6. The van der Waals surface area contributed by atoms with E-state index < -0.39 is 0 Å². The molecule has 0 saturated carbocycles. The summed E-state index contributed by atoms with van der Waals surface area (Å²) in [4.78, 5) is 16.8. The van der Waals surface area contributed by atoms with Gasteiger partial charge in [-0.25, -0.2) is 0 Å². The maximum Gasteiger partial charge on any atom is 0.260 e. The van der Waals surface area contributed by atoms with Crippen LogP contribution in [0.4, 0.5) is 0 Å². The lowest BCUT2D eigenvalue weighted by Crippen LogP contribution is -2.47. The Balaban J connectivity index is 1.54. The Labute approximate surface area is 136 Å². The number of amides is 1. The molecule has 0 aliphatic carbocycles. The van der Waals surface area contributed by atoms with Crippen LogP contribution in [-0.4, -0.2) is 72.9 Å². The van der Waals surface area contributed by atoms with Gasteiger partial charge in [0.2, 0.25) is 0 Å². The fraction of sp³-hybridized carbons (Fsp3) is 0.750. The highest BCUT2D eigenvalue weighted by Crippen LogP contribution is 2.25. The number of ether oxygens (including phenoxy) is 2. The number of hydrogen-bond donors (Lipinski definition) is 0. The number of nitrogens with zero attached hydrogens (tertiary/aromatic N) is 3. The first-order valence-corrected chi connectivity index (χ1v) is 8.33. The van der Waals surface area contributed by atoms with Crippen LogP contribution in [0.1, 0.15) is 19.1 Å². The second kappa shape index (κ2) is 7.31. The van der Waals surface area contributed by atoms with Gasteiger partial charge in [-0.05, 0) is 18.0 Å². The number of rotatable bonds is 5. The van der Waals surface area contributed by atoms with E-state index in [1.54, 1.807) is 13.0 Å². The minimum Gasteiger partial charge on any atom is -0.465 e. The molecule has 1 aromatic rings. The predicted octanol–water partition coefficient (Wildman–Crippen LogP) is 0.931. The van der Waals surface area contributed by atoms with Crippen molar-refractivity contribution in [3.05, 3.63) is 11.8 Å². The van der Waals surface area contributed by atoms with E-state index in [1.165, 1.54) is 0 Å². The van der Waals surface area contributed by atoms with Crippen LogP contribution in [0.3, 0.4) is 0 Å². The molecule has 1 amide bonds. The standard InChI is InChI=1S/C16H25N3O4/c1-3-13-9-19(10-14(13)18-4-6-21-7-5-18)16(20)11-22-15-8-12(2)23-17-15/h8,13-14H,3-7,9-11H2,1-2H3/t13-,14-/m1/s1. The van der Waals surface area contributed by atoms with Crippen molar-refractivity contribution in [2.45, 2.75) is 26.3 Å². The van der Waals surface area contributed by atoms with Crippen LogP contribution in [0, 0.1) is 12.8 Å². The first-order valence-electron chi connectivity index (χ1n) is 8.33. The molecule has 128 valence electrons. The molecule has 2 fully saturated rings. The van der Waals surface area contributed by atoms with Crippen LogP contribution < -0.4 is 4.74 Å². The van der Waals surface area contributed by atoms with Crippen molar-refractivity contribution in [2.24, 2.45) is 5.92 Å². The Morgan fingerprint density at radius 1 is 1.39 bits per heavy atom. The topological polar surface area (TPSA) is 68.0 Å². The van der Waals surface area contributed by atoms with Crippen LogP contribution >= 0.6 is 0 Å². The minimum atomic E-state index is 0.0121. The smallest absolute Gasteiger partial charge is 0.260 e. The van der Waals surface area contributed by atoms with Gasteiger partial charge in [0.1, 0.15) is 5.76 Å². The Morgan fingerprint density at radius 2 is 2.17 bits per heavy atom. The van der Waals surface area contributed by atoms with E-state index in [0.29, 0.717) is 23.6 Å². The number of carbonyl (C=O) groups excluding carboxylic acids is 1. The zero-order valence-corrected chi connectivity index (χ0v) is 13.9. The van der Waals surface area contributed by atoms with Crippen molar-refractivity contribution in [1.82, 2.24) is 15.0 Å². The lowest BCUT2D eigenvalue weighted by Gasteiger charge is -2.34. The molecule has 2 saturated heterocycles. The molecule has 0 radical (unpaired) electrons. The fourth-order valence-electron chi connectivity index (χ4n) is 3.42. The van der Waals surface area contributed by atoms with E-state index in [4.69, 9.17) is 14.0 Å². The number of aromatic nitrogens is 1. The molecule has 3 rings (SSSR count). The summed E-state index contributed by atoms with van der Waals surface area (Å²) >= 11 is 0. The van der Waals surface area contributed by atoms with Crippen LogP contribution in [0.2, 0.25) is 0 Å². The monoisotopic (exact) mass is 323 g/mol. The highest BCUT2D eigenvalue weighted by molar-refractivity contribution is 5.78. The molecular formula is C16H25N3O4. The van der Waals surface area contributed by atoms with E-state index in [0.717, 1.165) is 45.8 Å². The number of carbonyl (C=O) groups is 1. The summed E-state index contributed by atoms with van der Waals surface area (Å²) in [7, 11) is 0. The third kappa shape index (κ3) is 3.84. The van der Waals surface area contributed by atoms with Crippen molar-refractivity contribution < 1.29 is 18.8 Å². The average molecular weight is 323 g/mol. The zero-order valence-electron chi connectivity index (χ0n) is 13.9. The van der Waals surface area contributed by atoms with Crippen molar-refractivity contribution in [3.8, 4) is 5.88 Å². The highest BCUT2D eigenvalue weighted by Gasteiger charge is 2.38. The maximum atomic E-state index is 12.4. The Morgan fingerprint density at radius 3 is 2.83 bits per heavy atom. The Bertz CT molecular complexity index is 527. The second-order valence-electron chi connectivity index (χ2n) is 6.25. The van der Waals surface area contributed by atoms with Crippen LogP contribution in [0.5, 0.6) is 5.88 Å². The summed E-state index contributed by atoms with van der Waals surface area (Å²) in [6, 6.07) is 2.12. The highest BCUT2D eigenvalue weighted by atomic mass is 16.5. The lowest BCUT2D eigenvalue weighted by atomic mass is 9.99. The summed E-state index contributed by atoms with van der Waals surface area (Å²) in [5.41, 5.74) is 0. The molecule has 7 heteroatoms. The summed E-state index contributed by atoms with van der Waals surface area (Å²) in [5.74, 6) is 1.57. The molecular weight excluding hydrogens is 298 g/mol. The van der Waals surface area contributed by atoms with E-state index in [2.05, 4.69) is 17.0 Å². The molecule has 0 aromatic carbocycles. The Hall–Kier alpha value is -1.60. The first-order chi connectivity index (χ1) is 11.2. The SMILES string of the molecule is CC[C@@H]1CN(C(=O)COc2cc(C)on2)C[C@H]1N1CCOCC1. The van der Waals surface area contributed by atoms with Crippen molar-refractivity contribution in [3.63, 3.8) is 0 Å². The zero-order chi connectivity index (χ0) is 16.2. The number of likely N-dealkylation sites (tertiary alicyclic amines) is 1. The molecule has 1 aromatic heterocycles. The van der Waals surface area contributed by atoms with Gasteiger partial charge in [0, 0.05) is 38.3 Å². The summed E-state index contributed by atoms with van der Waals surface area (Å²) in [6.07, 6.45) is 1.08. The summed E-state index contributed by atoms with van der Waals surface area (Å²) in [6.45, 7) is 9.07. The van der Waals surface area contributed by atoms with Gasteiger partial charge in [0.25, 0.3) is 11.8 Å². The fourth-order valence-corrected chi connectivity index (χ4v) is 3.42. The maximum absolute atomic E-state index is 12.4. The lowest BCUT2D eigenvalue weighted by molar-refractivity contribution is -0.132. The van der Waals surface area contributed by atoms with Crippen molar-refractivity contribution in [1.29, 1.82) is 0 Å². The number of aryl methyl sites for hydroxylation is 1. The van der Waals surface area contributed by atoms with Gasteiger partial charge in [-0.1, -0.05) is 13.3 Å². The van der Waals surface area contributed by atoms with Gasteiger partial charge >= 0.3 is 0 Å². The first kappa shape index (κ1) is 16.3. The normalized spacial score (nSPS) is 25.7. The van der Waals surface area contributed by atoms with Gasteiger partial charge in [0.15, 0.2) is 6.61 Å². The van der Waals surface area contributed by atoms with Gasteiger partial charge in [0.05, 0.1) is 13.2 Å². The van der Waals surface area contributed by atoms with E-state index in [-0.39, 0.29) is 12.5 Å². The van der Waals surface area contributed by atoms with Gasteiger partial charge in [-0.15, -0.1) is 0 Å². The second-order valence-corrected chi connectivity index (χ2v) is 6.25. The molecule has 0 N–H and O–H groups in total. The predicted molar refractivity (Wildman–Crippen MR) is 83.3 cm³/mol. The van der Waals surface area contributed by atoms with Crippen LogP contribution in [-0.2, 0) is 9.53 Å². The summed E-state index contributed by atoms with van der Waals surface area (Å²) in [5, 5.41) is 3.74. The molecule has 0 bridgehead atoms. The van der Waals surface area contributed by atoms with Crippen LogP contribution in [0.25, 0.3) is 0 Å². The van der Waals surface area contributed by atoms with Gasteiger partial charge in [-0.2, -0.15) is 0 Å². The average Bonchev–Trinajstić information content (AvgIpc) is 3.19. The molecule has 0 unspecified atom stereocenters. The number of morpholine rings is 1. The molecule has 3 heterocycles. The van der Waals surface area contributed by atoms with Crippen LogP contribution in [0.15, 0.2) is 10.6 Å². The largest absolute Gasteiger partial charge is 0.465 e. The molecule has 23 heavy (non-hydrogen) atoms. The minimum absolute atomic E-state index is 0.0121. The molecule has 0 spiro atoms. The van der Waals surface area contributed by atoms with E-state index in [9.17, 15) is 4.79 Å². The molecule has 2 atom stereocenters. The third-order valence-corrected chi connectivity index (χ3v) is 4.75.